The first-order valence-electron chi connectivity index (χ1n) is 7.98. The van der Waals surface area contributed by atoms with E-state index in [4.69, 9.17) is 4.74 Å². The Kier molecular flexibility index (Phi) is 19.8. The number of aliphatic hydroxyl groups excluding tert-OH is 1. The van der Waals surface area contributed by atoms with Crippen LogP contribution in [0.4, 0.5) is 0 Å². The molecule has 1 unspecified atom stereocenters. The van der Waals surface area contributed by atoms with Gasteiger partial charge in [0.05, 0.1) is 6.10 Å². The second-order valence-corrected chi connectivity index (χ2v) is 5.43. The number of ether oxygens (including phenoxy) is 1. The van der Waals surface area contributed by atoms with Gasteiger partial charge < -0.3 is 11.3 Å². The minimum absolute atomic E-state index is 0. The molecule has 0 saturated carbocycles. The molecule has 0 aliphatic carbocycles. The first kappa shape index (κ1) is 22.7. The number of hydrogen-bond acceptors (Lipinski definition) is 3. The average Bonchev–Trinajstić information content (AvgIpc) is 2.38. The van der Waals surface area contributed by atoms with E-state index in [2.05, 4.69) is 6.92 Å². The van der Waals surface area contributed by atoms with Gasteiger partial charge in [-0.25, -0.2) is 0 Å². The van der Waals surface area contributed by atoms with Gasteiger partial charge in [-0.3, -0.25) is 4.79 Å². The fraction of sp³-hybridized carbons (Fsp3) is 0.938. The maximum atomic E-state index is 10.6. The van der Waals surface area contributed by atoms with E-state index < -0.39 is 6.10 Å². The average molecular weight is 296 g/mol. The third kappa shape index (κ3) is 18.4. The first-order valence-corrected chi connectivity index (χ1v) is 7.98. The smallest absolute Gasteiger partial charge is 1.00 e. The number of rotatable bonds is 13. The minimum Gasteiger partial charge on any atom is -1.00 e. The molecule has 0 fully saturated rings. The molecule has 0 amide bonds. The van der Waals surface area contributed by atoms with Crippen molar-refractivity contribution in [3.05, 3.63) is 0 Å². The van der Waals surface area contributed by atoms with Gasteiger partial charge in [-0.1, -0.05) is 71.1 Å². The molecule has 0 aliphatic rings. The van der Waals surface area contributed by atoms with Crippen LogP contribution in [0.3, 0.4) is 0 Å². The van der Waals surface area contributed by atoms with Crippen molar-refractivity contribution < 1.29 is 45.6 Å². The summed E-state index contributed by atoms with van der Waals surface area (Å²) in [5, 5.41) is 9.54. The molecule has 116 valence electrons. The number of hydrogen-bond donors (Lipinski definition) is 1. The third-order valence-corrected chi connectivity index (χ3v) is 3.37. The number of carbonyl (C=O) groups is 1. The van der Waals surface area contributed by atoms with Crippen molar-refractivity contribution in [3.63, 3.8) is 0 Å². The Morgan fingerprint density at radius 1 is 1.00 bits per heavy atom. The fourth-order valence-electron chi connectivity index (χ4n) is 2.16. The summed E-state index contributed by atoms with van der Waals surface area (Å²) in [7, 11) is 0. The van der Waals surface area contributed by atoms with Crippen LogP contribution in [-0.2, 0) is 9.53 Å². The van der Waals surface area contributed by atoms with Crippen molar-refractivity contribution in [3.8, 4) is 0 Å². The topological polar surface area (TPSA) is 46.5 Å². The van der Waals surface area contributed by atoms with Crippen LogP contribution >= 0.6 is 0 Å². The van der Waals surface area contributed by atoms with Crippen molar-refractivity contribution in [2.24, 2.45) is 0 Å². The number of aliphatic hydroxyl groups is 1. The number of carbonyl (C=O) groups excluding carboxylic acids is 1. The zero-order valence-electron chi connectivity index (χ0n) is 14.8. The molecule has 0 rings (SSSR count). The van der Waals surface area contributed by atoms with Crippen LogP contribution in [-0.4, -0.2) is 23.8 Å². The molecular weight excluding hydrogens is 263 g/mol. The van der Waals surface area contributed by atoms with Gasteiger partial charge in [0.1, 0.15) is 6.61 Å². The second kappa shape index (κ2) is 17.5. The van der Waals surface area contributed by atoms with Crippen LogP contribution in [0, 0.1) is 0 Å². The van der Waals surface area contributed by atoms with Crippen LogP contribution in [0.5, 0.6) is 0 Å². The molecule has 0 bridgehead atoms. The van der Waals surface area contributed by atoms with Gasteiger partial charge in [-0.2, -0.15) is 0 Å². The van der Waals surface area contributed by atoms with E-state index in [0.29, 0.717) is 0 Å². The molecule has 0 spiro atoms. The van der Waals surface area contributed by atoms with Crippen molar-refractivity contribution in [1.29, 1.82) is 0 Å². The molecule has 0 aromatic rings. The summed E-state index contributed by atoms with van der Waals surface area (Å²) in [6.07, 6.45) is 13.2. The maximum Gasteiger partial charge on any atom is 1.00 e. The van der Waals surface area contributed by atoms with E-state index >= 15 is 0 Å². The van der Waals surface area contributed by atoms with Crippen molar-refractivity contribution in [1.82, 2.24) is 0 Å². The normalized spacial score (nSPS) is 11.8. The van der Waals surface area contributed by atoms with E-state index in [1.54, 1.807) is 0 Å². The van der Waals surface area contributed by atoms with Crippen LogP contribution in [0.25, 0.3) is 0 Å². The van der Waals surface area contributed by atoms with Gasteiger partial charge in [0, 0.05) is 6.92 Å². The summed E-state index contributed by atoms with van der Waals surface area (Å²) in [6.45, 7) is 3.76. The maximum absolute atomic E-state index is 10.6. The Bertz CT molecular complexity index is 216. The molecule has 0 aromatic heterocycles. The fourth-order valence-corrected chi connectivity index (χ4v) is 2.16. The van der Waals surface area contributed by atoms with Crippen LogP contribution in [0.2, 0.25) is 0 Å². The first-order chi connectivity index (χ1) is 9.16. The van der Waals surface area contributed by atoms with Crippen LogP contribution < -0.4 is 29.6 Å². The summed E-state index contributed by atoms with van der Waals surface area (Å²) < 4.78 is 4.76. The number of unbranched alkanes of at least 4 members (excludes halogenated alkanes) is 9. The molecule has 0 saturated heterocycles. The molecule has 4 heteroatoms. The Morgan fingerprint density at radius 2 is 1.45 bits per heavy atom. The minimum atomic E-state index is -0.488. The standard InChI is InChI=1S/C16H32O3.Na.H/c1-3-4-5-6-7-8-9-10-11-12-13-16(18)14-19-15(2)17;;/h16,18H,3-14H2,1-2H3;;/q;+1;-1. The van der Waals surface area contributed by atoms with Gasteiger partial charge in [0.25, 0.3) is 0 Å². The van der Waals surface area contributed by atoms with Gasteiger partial charge in [0.2, 0.25) is 0 Å². The zero-order valence-corrected chi connectivity index (χ0v) is 15.8. The van der Waals surface area contributed by atoms with Crippen molar-refractivity contribution >= 4 is 5.97 Å². The van der Waals surface area contributed by atoms with Crippen LogP contribution in [0.15, 0.2) is 0 Å². The molecule has 0 radical (unpaired) electrons. The van der Waals surface area contributed by atoms with Gasteiger partial charge >= 0.3 is 35.5 Å². The molecule has 0 aliphatic heterocycles. The summed E-state index contributed by atoms with van der Waals surface area (Å²) >= 11 is 0. The van der Waals surface area contributed by atoms with E-state index in [1.807, 2.05) is 0 Å². The molecule has 0 aromatic carbocycles. The molecule has 3 nitrogen and oxygen atoms in total. The Balaban J connectivity index is -0.00000162. The molecule has 1 N–H and O–H groups in total. The van der Waals surface area contributed by atoms with Gasteiger partial charge in [-0.05, 0) is 6.42 Å². The summed E-state index contributed by atoms with van der Waals surface area (Å²) in [6, 6.07) is 0. The Morgan fingerprint density at radius 3 is 1.90 bits per heavy atom. The molecule has 20 heavy (non-hydrogen) atoms. The SMILES string of the molecule is CCCCCCCCCCCCC(O)COC(C)=O.[H-].[Na+]. The van der Waals surface area contributed by atoms with E-state index in [-0.39, 0.29) is 43.6 Å². The van der Waals surface area contributed by atoms with E-state index in [1.165, 1.54) is 64.7 Å². The van der Waals surface area contributed by atoms with E-state index in [0.717, 1.165) is 12.8 Å². The summed E-state index contributed by atoms with van der Waals surface area (Å²) in [5.41, 5.74) is 0. The predicted molar refractivity (Wildman–Crippen MR) is 80.2 cm³/mol. The summed E-state index contributed by atoms with van der Waals surface area (Å²) in [4.78, 5) is 10.6. The molecular formula is C16H33NaO3. The quantitative estimate of drug-likeness (QED) is 0.317. The Labute approximate surface area is 148 Å². The largest absolute Gasteiger partial charge is 1.00 e. The zero-order chi connectivity index (χ0) is 14.3. The Hall–Kier alpha value is 0.430. The van der Waals surface area contributed by atoms with Crippen molar-refractivity contribution in [2.75, 3.05) is 6.61 Å². The monoisotopic (exact) mass is 296 g/mol. The van der Waals surface area contributed by atoms with Crippen molar-refractivity contribution in [2.45, 2.75) is 90.6 Å². The molecule has 1 atom stereocenters. The van der Waals surface area contributed by atoms with Crippen LogP contribution in [0.1, 0.15) is 85.9 Å². The van der Waals surface area contributed by atoms with Gasteiger partial charge in [0.15, 0.2) is 0 Å². The summed E-state index contributed by atoms with van der Waals surface area (Å²) in [5.74, 6) is -0.317. The predicted octanol–water partition coefficient (Wildman–Crippen LogP) is 1.34. The second-order valence-electron chi connectivity index (χ2n) is 5.43. The number of esters is 1. The third-order valence-electron chi connectivity index (χ3n) is 3.37. The molecule has 0 heterocycles. The van der Waals surface area contributed by atoms with E-state index in [9.17, 15) is 9.90 Å². The van der Waals surface area contributed by atoms with Gasteiger partial charge in [-0.15, -0.1) is 0 Å².